The highest BCUT2D eigenvalue weighted by Crippen LogP contribution is 2.28. The van der Waals surface area contributed by atoms with Crippen LogP contribution in [0.25, 0.3) is 0 Å². The van der Waals surface area contributed by atoms with E-state index in [2.05, 4.69) is 30.4 Å². The van der Waals surface area contributed by atoms with Crippen LogP contribution in [0.1, 0.15) is 5.56 Å². The molecule has 0 fully saturated rings. The number of thioether (sulfide) groups is 1. The minimum absolute atomic E-state index is 0.823. The maximum Gasteiger partial charge on any atom is 0.0462 e. The lowest BCUT2D eigenvalue weighted by atomic mass is 10.2. The van der Waals surface area contributed by atoms with E-state index < -0.39 is 0 Å². The highest BCUT2D eigenvalue weighted by Gasteiger charge is 2.06. The molecule has 0 saturated carbocycles. The Morgan fingerprint density at radius 3 is 2.75 bits per heavy atom. The molecule has 1 rings (SSSR count). The van der Waals surface area contributed by atoms with Crippen LogP contribution < -0.4 is 5.32 Å². The summed E-state index contributed by atoms with van der Waals surface area (Å²) in [4.78, 5) is 3.47. The molecule has 1 aromatic rings. The van der Waals surface area contributed by atoms with Crippen LogP contribution in [0, 0.1) is 0 Å². The fourth-order valence-corrected chi connectivity index (χ4v) is 2.87. The van der Waals surface area contributed by atoms with Crippen LogP contribution in [0.15, 0.2) is 23.1 Å². The summed E-state index contributed by atoms with van der Waals surface area (Å²) in [6.45, 7) is 1.90. The summed E-state index contributed by atoms with van der Waals surface area (Å²) in [5.74, 6) is 1.09. The van der Waals surface area contributed by atoms with E-state index in [1.807, 2.05) is 30.9 Å². The first-order chi connectivity index (χ1) is 7.65. The van der Waals surface area contributed by atoms with Gasteiger partial charge in [0.1, 0.15) is 0 Å². The summed E-state index contributed by atoms with van der Waals surface area (Å²) in [5.41, 5.74) is 1.20. The fourth-order valence-electron chi connectivity index (χ4n) is 1.36. The van der Waals surface area contributed by atoms with Crippen molar-refractivity contribution in [3.8, 4) is 0 Å². The third-order valence-electron chi connectivity index (χ3n) is 2.23. The predicted molar refractivity (Wildman–Crippen MR) is 73.5 cm³/mol. The van der Waals surface area contributed by atoms with Gasteiger partial charge in [0.05, 0.1) is 0 Å². The SMILES string of the molecule is CNCc1c(Cl)cccc1SCCN(C)C. The van der Waals surface area contributed by atoms with E-state index in [-0.39, 0.29) is 0 Å². The molecule has 4 heteroatoms. The third-order valence-corrected chi connectivity index (χ3v) is 3.66. The molecule has 0 bridgehead atoms. The Balaban J connectivity index is 2.66. The van der Waals surface area contributed by atoms with Crippen LogP contribution in [-0.4, -0.2) is 38.3 Å². The van der Waals surface area contributed by atoms with Crippen molar-refractivity contribution < 1.29 is 0 Å². The lowest BCUT2D eigenvalue weighted by Gasteiger charge is -2.12. The number of benzene rings is 1. The van der Waals surface area contributed by atoms with Crippen LogP contribution in [-0.2, 0) is 6.54 Å². The third kappa shape index (κ3) is 4.34. The second-order valence-corrected chi connectivity index (χ2v) is 5.44. The highest BCUT2D eigenvalue weighted by molar-refractivity contribution is 7.99. The predicted octanol–water partition coefficient (Wildman–Crippen LogP) is 2.71. The Bertz CT molecular complexity index is 329. The van der Waals surface area contributed by atoms with Gasteiger partial charge in [-0.1, -0.05) is 17.7 Å². The van der Waals surface area contributed by atoms with Gasteiger partial charge in [0.2, 0.25) is 0 Å². The van der Waals surface area contributed by atoms with Gasteiger partial charge in [-0.25, -0.2) is 0 Å². The molecule has 1 aromatic carbocycles. The average Bonchev–Trinajstić information content (AvgIpc) is 2.22. The van der Waals surface area contributed by atoms with Gasteiger partial charge in [-0.15, -0.1) is 11.8 Å². The lowest BCUT2D eigenvalue weighted by molar-refractivity contribution is 0.437. The molecule has 0 radical (unpaired) electrons. The summed E-state index contributed by atoms with van der Waals surface area (Å²) >= 11 is 8.05. The van der Waals surface area contributed by atoms with Gasteiger partial charge >= 0.3 is 0 Å². The van der Waals surface area contributed by atoms with E-state index >= 15 is 0 Å². The second-order valence-electron chi connectivity index (χ2n) is 3.90. The number of rotatable bonds is 6. The summed E-state index contributed by atoms with van der Waals surface area (Å²) < 4.78 is 0. The molecule has 16 heavy (non-hydrogen) atoms. The molecule has 0 aromatic heterocycles. The van der Waals surface area contributed by atoms with E-state index in [9.17, 15) is 0 Å². The zero-order valence-corrected chi connectivity index (χ0v) is 11.7. The lowest BCUT2D eigenvalue weighted by Crippen LogP contribution is -2.15. The minimum atomic E-state index is 0.823. The zero-order chi connectivity index (χ0) is 12.0. The zero-order valence-electron chi connectivity index (χ0n) is 10.1. The van der Waals surface area contributed by atoms with Gasteiger partial charge in [-0.2, -0.15) is 0 Å². The number of hydrogen-bond donors (Lipinski definition) is 1. The van der Waals surface area contributed by atoms with E-state index in [0.717, 1.165) is 23.9 Å². The minimum Gasteiger partial charge on any atom is -0.316 e. The first-order valence-corrected chi connectivity index (χ1v) is 6.71. The molecule has 0 amide bonds. The molecular formula is C12H19ClN2S. The van der Waals surface area contributed by atoms with Gasteiger partial charge in [0.25, 0.3) is 0 Å². The van der Waals surface area contributed by atoms with Crippen LogP contribution in [0.5, 0.6) is 0 Å². The topological polar surface area (TPSA) is 15.3 Å². The maximum atomic E-state index is 6.19. The molecule has 0 aliphatic heterocycles. The molecular weight excluding hydrogens is 240 g/mol. The number of hydrogen-bond acceptors (Lipinski definition) is 3. The number of nitrogens with zero attached hydrogens (tertiary/aromatic N) is 1. The molecule has 0 aliphatic carbocycles. The fraction of sp³-hybridized carbons (Fsp3) is 0.500. The largest absolute Gasteiger partial charge is 0.316 e. The van der Waals surface area contributed by atoms with Crippen molar-refractivity contribution in [1.82, 2.24) is 10.2 Å². The monoisotopic (exact) mass is 258 g/mol. The molecule has 0 atom stereocenters. The Kier molecular flexibility index (Phi) is 6.21. The smallest absolute Gasteiger partial charge is 0.0462 e. The second kappa shape index (κ2) is 7.17. The Morgan fingerprint density at radius 1 is 1.38 bits per heavy atom. The van der Waals surface area contributed by atoms with Crippen molar-refractivity contribution in [3.63, 3.8) is 0 Å². The van der Waals surface area contributed by atoms with Crippen LogP contribution in [0.2, 0.25) is 5.02 Å². The van der Waals surface area contributed by atoms with Gasteiger partial charge in [-0.3, -0.25) is 0 Å². The van der Waals surface area contributed by atoms with E-state index in [0.29, 0.717) is 0 Å². The molecule has 0 unspecified atom stereocenters. The van der Waals surface area contributed by atoms with Crippen molar-refractivity contribution in [1.29, 1.82) is 0 Å². The Hall–Kier alpha value is -0.220. The summed E-state index contributed by atoms with van der Waals surface area (Å²) in [5, 5.41) is 4.01. The summed E-state index contributed by atoms with van der Waals surface area (Å²) in [7, 11) is 6.12. The van der Waals surface area contributed by atoms with Crippen molar-refractivity contribution in [2.45, 2.75) is 11.4 Å². The quantitative estimate of drug-likeness (QED) is 0.790. The molecule has 0 spiro atoms. The van der Waals surface area contributed by atoms with E-state index in [1.165, 1.54) is 10.5 Å². The molecule has 1 N–H and O–H groups in total. The Morgan fingerprint density at radius 2 is 2.12 bits per heavy atom. The van der Waals surface area contributed by atoms with Gasteiger partial charge in [-0.05, 0) is 38.8 Å². The van der Waals surface area contributed by atoms with E-state index in [4.69, 9.17) is 11.6 Å². The molecule has 0 aliphatic rings. The van der Waals surface area contributed by atoms with Crippen molar-refractivity contribution >= 4 is 23.4 Å². The molecule has 90 valence electrons. The van der Waals surface area contributed by atoms with E-state index in [1.54, 1.807) is 0 Å². The van der Waals surface area contributed by atoms with Crippen molar-refractivity contribution in [2.75, 3.05) is 33.4 Å². The highest BCUT2D eigenvalue weighted by atomic mass is 35.5. The first kappa shape index (κ1) is 13.8. The maximum absolute atomic E-state index is 6.19. The van der Waals surface area contributed by atoms with Gasteiger partial charge in [0.15, 0.2) is 0 Å². The van der Waals surface area contributed by atoms with Crippen LogP contribution in [0.3, 0.4) is 0 Å². The normalized spacial score (nSPS) is 11.1. The number of halogens is 1. The number of nitrogens with one attached hydrogen (secondary N) is 1. The summed E-state index contributed by atoms with van der Waals surface area (Å²) in [6.07, 6.45) is 0. The average molecular weight is 259 g/mol. The Labute approximate surface area is 107 Å². The van der Waals surface area contributed by atoms with Crippen molar-refractivity contribution in [2.24, 2.45) is 0 Å². The first-order valence-electron chi connectivity index (χ1n) is 5.34. The van der Waals surface area contributed by atoms with Crippen molar-refractivity contribution in [3.05, 3.63) is 28.8 Å². The summed E-state index contributed by atoms with van der Waals surface area (Å²) in [6, 6.07) is 6.10. The standard InChI is InChI=1S/C12H19ClN2S/c1-14-9-10-11(13)5-4-6-12(10)16-8-7-15(2)3/h4-6,14H,7-9H2,1-3H3. The molecule has 0 heterocycles. The molecule has 2 nitrogen and oxygen atoms in total. The van der Waals surface area contributed by atoms with Gasteiger partial charge < -0.3 is 10.2 Å². The van der Waals surface area contributed by atoms with Gasteiger partial charge in [0, 0.05) is 28.8 Å². The van der Waals surface area contributed by atoms with Crippen LogP contribution in [0.4, 0.5) is 0 Å². The molecule has 0 saturated heterocycles. The van der Waals surface area contributed by atoms with Crippen LogP contribution >= 0.6 is 23.4 Å².